The average Bonchev–Trinajstić information content (AvgIpc) is 2.54. The predicted molar refractivity (Wildman–Crippen MR) is 103 cm³/mol. The Hall–Kier alpha value is -1.95. The van der Waals surface area contributed by atoms with Crippen LogP contribution in [0.5, 0.6) is 0 Å². The van der Waals surface area contributed by atoms with E-state index in [9.17, 15) is 9.59 Å². The van der Waals surface area contributed by atoms with Crippen LogP contribution in [-0.4, -0.2) is 24.0 Å². The van der Waals surface area contributed by atoms with E-state index in [0.29, 0.717) is 11.5 Å². The van der Waals surface area contributed by atoms with E-state index in [2.05, 4.69) is 17.6 Å². The molecule has 0 radical (unpaired) electrons. The van der Waals surface area contributed by atoms with Gasteiger partial charge in [-0.3, -0.25) is 9.59 Å². The van der Waals surface area contributed by atoms with Gasteiger partial charge in [-0.25, -0.2) is 0 Å². The molecule has 0 aliphatic rings. The van der Waals surface area contributed by atoms with Crippen molar-refractivity contribution in [2.45, 2.75) is 52.4 Å². The molecule has 0 aromatic heterocycles. The van der Waals surface area contributed by atoms with Crippen LogP contribution in [0.1, 0.15) is 52.4 Å². The molecule has 0 saturated carbocycles. The molecule has 5 nitrogen and oxygen atoms in total. The zero-order valence-electron chi connectivity index (χ0n) is 14.7. The quantitative estimate of drug-likeness (QED) is 0.553. The van der Waals surface area contributed by atoms with E-state index in [1.54, 1.807) is 11.9 Å². The molecule has 0 bridgehead atoms. The minimum atomic E-state index is -0.0584. The SMILES string of the molecule is CCCCCCCC(=O)NC(=S)Nc1ccc(N(C)C(C)=O)cc1. The molecule has 6 heteroatoms. The Morgan fingerprint density at radius 3 is 2.29 bits per heavy atom. The zero-order chi connectivity index (χ0) is 17.9. The van der Waals surface area contributed by atoms with Crippen LogP contribution in [0.2, 0.25) is 0 Å². The Kier molecular flexibility index (Phi) is 9.01. The van der Waals surface area contributed by atoms with Gasteiger partial charge >= 0.3 is 0 Å². The van der Waals surface area contributed by atoms with E-state index in [0.717, 1.165) is 24.2 Å². The number of thiocarbonyl (C=S) groups is 1. The third-order valence-electron chi connectivity index (χ3n) is 3.75. The van der Waals surface area contributed by atoms with Crippen LogP contribution in [0, 0.1) is 0 Å². The average molecular weight is 350 g/mol. The van der Waals surface area contributed by atoms with Gasteiger partial charge in [0.25, 0.3) is 0 Å². The maximum atomic E-state index is 11.8. The summed E-state index contributed by atoms with van der Waals surface area (Å²) in [5, 5.41) is 5.96. The van der Waals surface area contributed by atoms with Gasteiger partial charge in [-0.2, -0.15) is 0 Å². The monoisotopic (exact) mass is 349 g/mol. The van der Waals surface area contributed by atoms with Crippen LogP contribution >= 0.6 is 12.2 Å². The fourth-order valence-electron chi connectivity index (χ4n) is 2.19. The first-order valence-electron chi connectivity index (χ1n) is 8.39. The molecule has 0 aliphatic heterocycles. The van der Waals surface area contributed by atoms with Gasteiger partial charge in [0.1, 0.15) is 0 Å². The van der Waals surface area contributed by atoms with Gasteiger partial charge < -0.3 is 15.5 Å². The van der Waals surface area contributed by atoms with Crippen molar-refractivity contribution in [2.24, 2.45) is 0 Å². The van der Waals surface area contributed by atoms with Crippen molar-refractivity contribution in [3.05, 3.63) is 24.3 Å². The number of nitrogens with one attached hydrogen (secondary N) is 2. The molecule has 0 saturated heterocycles. The van der Waals surface area contributed by atoms with Crippen LogP contribution in [0.3, 0.4) is 0 Å². The van der Waals surface area contributed by atoms with Gasteiger partial charge in [-0.15, -0.1) is 0 Å². The summed E-state index contributed by atoms with van der Waals surface area (Å²) in [7, 11) is 1.72. The minimum absolute atomic E-state index is 0.0302. The molecule has 2 N–H and O–H groups in total. The van der Waals surface area contributed by atoms with E-state index >= 15 is 0 Å². The van der Waals surface area contributed by atoms with Crippen LogP contribution in [-0.2, 0) is 9.59 Å². The Morgan fingerprint density at radius 2 is 1.71 bits per heavy atom. The van der Waals surface area contributed by atoms with Crippen LogP contribution in [0.4, 0.5) is 11.4 Å². The number of unbranched alkanes of at least 4 members (excludes halogenated alkanes) is 4. The van der Waals surface area contributed by atoms with E-state index in [1.165, 1.54) is 26.2 Å². The number of hydrogen-bond donors (Lipinski definition) is 2. The second-order valence-corrected chi connectivity index (χ2v) is 6.20. The highest BCUT2D eigenvalue weighted by Gasteiger charge is 2.07. The highest BCUT2D eigenvalue weighted by Crippen LogP contribution is 2.16. The van der Waals surface area contributed by atoms with Crippen LogP contribution in [0.25, 0.3) is 0 Å². The van der Waals surface area contributed by atoms with E-state index < -0.39 is 0 Å². The topological polar surface area (TPSA) is 61.4 Å². The van der Waals surface area contributed by atoms with Crippen molar-refractivity contribution in [3.8, 4) is 0 Å². The maximum absolute atomic E-state index is 11.8. The molecular formula is C18H27N3O2S. The Bertz CT molecular complexity index is 558. The lowest BCUT2D eigenvalue weighted by molar-refractivity contribution is -0.119. The second kappa shape index (κ2) is 10.8. The second-order valence-electron chi connectivity index (χ2n) is 5.79. The van der Waals surface area contributed by atoms with Gasteiger partial charge in [0.15, 0.2) is 5.11 Å². The van der Waals surface area contributed by atoms with E-state index in [4.69, 9.17) is 12.2 Å². The molecule has 0 fully saturated rings. The highest BCUT2D eigenvalue weighted by atomic mass is 32.1. The van der Waals surface area contributed by atoms with Crippen molar-refractivity contribution in [1.82, 2.24) is 5.32 Å². The lowest BCUT2D eigenvalue weighted by atomic mass is 10.1. The summed E-state index contributed by atoms with van der Waals surface area (Å²) < 4.78 is 0. The fourth-order valence-corrected chi connectivity index (χ4v) is 2.42. The zero-order valence-corrected chi connectivity index (χ0v) is 15.5. The van der Waals surface area contributed by atoms with Gasteiger partial charge in [-0.1, -0.05) is 32.6 Å². The normalized spacial score (nSPS) is 10.1. The maximum Gasteiger partial charge on any atom is 0.226 e. The summed E-state index contributed by atoms with van der Waals surface area (Å²) in [6.45, 7) is 3.68. The highest BCUT2D eigenvalue weighted by molar-refractivity contribution is 7.80. The standard InChI is InChI=1S/C18H27N3O2S/c1-4-5-6-7-8-9-17(23)20-18(24)19-15-10-12-16(13-11-15)21(3)14(2)22/h10-13H,4-9H2,1-3H3,(H2,19,20,23,24). The first-order valence-corrected chi connectivity index (χ1v) is 8.80. The summed E-state index contributed by atoms with van der Waals surface area (Å²) >= 11 is 5.15. The molecule has 0 atom stereocenters. The largest absolute Gasteiger partial charge is 0.332 e. The number of rotatable bonds is 8. The lowest BCUT2D eigenvalue weighted by Gasteiger charge is -2.16. The smallest absolute Gasteiger partial charge is 0.226 e. The molecule has 2 amide bonds. The molecule has 1 aromatic rings. The molecule has 0 spiro atoms. The van der Waals surface area contributed by atoms with Crippen LogP contribution in [0.15, 0.2) is 24.3 Å². The number of anilines is 2. The molecule has 1 rings (SSSR count). The molecular weight excluding hydrogens is 322 g/mol. The fraction of sp³-hybridized carbons (Fsp3) is 0.500. The van der Waals surface area contributed by atoms with E-state index in [1.807, 2.05) is 24.3 Å². The number of benzene rings is 1. The van der Waals surface area contributed by atoms with Crippen molar-refractivity contribution >= 4 is 40.5 Å². The molecule has 1 aromatic carbocycles. The van der Waals surface area contributed by atoms with Gasteiger partial charge in [-0.05, 0) is 42.9 Å². The first kappa shape index (κ1) is 20.1. The Balaban J connectivity index is 2.36. The number of nitrogens with zero attached hydrogens (tertiary/aromatic N) is 1. The number of hydrogen-bond acceptors (Lipinski definition) is 3. The molecule has 0 unspecified atom stereocenters. The third kappa shape index (κ3) is 7.55. The summed E-state index contributed by atoms with van der Waals surface area (Å²) in [5.41, 5.74) is 1.57. The summed E-state index contributed by atoms with van der Waals surface area (Å²) in [6.07, 6.45) is 6.05. The summed E-state index contributed by atoms with van der Waals surface area (Å²) in [5.74, 6) is -0.0886. The molecule has 24 heavy (non-hydrogen) atoms. The van der Waals surface area contributed by atoms with Gasteiger partial charge in [0.05, 0.1) is 0 Å². The first-order chi connectivity index (χ1) is 11.4. The van der Waals surface area contributed by atoms with Crippen molar-refractivity contribution < 1.29 is 9.59 Å². The third-order valence-corrected chi connectivity index (χ3v) is 3.95. The minimum Gasteiger partial charge on any atom is -0.332 e. The Morgan fingerprint density at radius 1 is 1.08 bits per heavy atom. The number of amides is 2. The van der Waals surface area contributed by atoms with Crippen molar-refractivity contribution in [3.63, 3.8) is 0 Å². The van der Waals surface area contributed by atoms with E-state index in [-0.39, 0.29) is 11.8 Å². The molecule has 132 valence electrons. The van der Waals surface area contributed by atoms with Crippen molar-refractivity contribution in [2.75, 3.05) is 17.3 Å². The summed E-state index contributed by atoms with van der Waals surface area (Å²) in [6, 6.07) is 7.28. The molecule has 0 aliphatic carbocycles. The van der Waals surface area contributed by atoms with Crippen LogP contribution < -0.4 is 15.5 Å². The number of carbonyl (C=O) groups excluding carboxylic acids is 2. The lowest BCUT2D eigenvalue weighted by Crippen LogP contribution is -2.33. The predicted octanol–water partition coefficient (Wildman–Crippen LogP) is 3.84. The molecule has 0 heterocycles. The summed E-state index contributed by atoms with van der Waals surface area (Å²) in [4.78, 5) is 24.7. The number of carbonyl (C=O) groups is 2. The Labute approximate surface area is 149 Å². The van der Waals surface area contributed by atoms with Crippen molar-refractivity contribution in [1.29, 1.82) is 0 Å². The van der Waals surface area contributed by atoms with Gasteiger partial charge in [0.2, 0.25) is 11.8 Å². The van der Waals surface area contributed by atoms with Gasteiger partial charge in [0, 0.05) is 31.8 Å².